The van der Waals surface area contributed by atoms with Crippen LogP contribution in [0.5, 0.6) is 0 Å². The summed E-state index contributed by atoms with van der Waals surface area (Å²) in [6.45, 7) is 2.03. The molecule has 0 heterocycles. The van der Waals surface area contributed by atoms with E-state index in [1.807, 2.05) is 0 Å². The minimum atomic E-state index is -0.270. The van der Waals surface area contributed by atoms with Crippen molar-refractivity contribution in [3.05, 3.63) is 35.1 Å². The maximum absolute atomic E-state index is 13.1. The quantitative estimate of drug-likeness (QED) is 0.740. The van der Waals surface area contributed by atoms with Crippen LogP contribution in [0.4, 0.5) is 9.18 Å². The molecule has 3 nitrogen and oxygen atoms in total. The molecule has 2 N–H and O–H groups in total. The predicted molar refractivity (Wildman–Crippen MR) is 52.4 cm³/mol. The van der Waals surface area contributed by atoms with Gasteiger partial charge >= 0.3 is 6.03 Å². The lowest BCUT2D eigenvalue weighted by molar-refractivity contribution is 0.242. The molecular formula is C10H13FN2O. The molecule has 2 amide bonds. The molecule has 1 rings (SSSR count). The molecule has 76 valence electrons. The SMILES string of the molecule is CNC(=O)NCc1cccc(F)c1C. The molecule has 0 unspecified atom stereocenters. The number of carbonyl (C=O) groups excluding carboxylic acids is 1. The van der Waals surface area contributed by atoms with E-state index in [0.29, 0.717) is 12.1 Å². The minimum Gasteiger partial charge on any atom is -0.341 e. The fourth-order valence-corrected chi connectivity index (χ4v) is 1.11. The van der Waals surface area contributed by atoms with Gasteiger partial charge in [0, 0.05) is 13.6 Å². The summed E-state index contributed by atoms with van der Waals surface area (Å²) in [4.78, 5) is 10.9. The molecular weight excluding hydrogens is 183 g/mol. The smallest absolute Gasteiger partial charge is 0.314 e. The number of hydrogen-bond acceptors (Lipinski definition) is 1. The second-order valence-corrected chi connectivity index (χ2v) is 2.96. The molecule has 0 atom stereocenters. The Hall–Kier alpha value is -1.58. The Morgan fingerprint density at radius 2 is 2.21 bits per heavy atom. The third-order valence-corrected chi connectivity index (χ3v) is 2.05. The highest BCUT2D eigenvalue weighted by Crippen LogP contribution is 2.11. The molecule has 14 heavy (non-hydrogen) atoms. The molecule has 4 heteroatoms. The van der Waals surface area contributed by atoms with E-state index in [2.05, 4.69) is 10.6 Å². The molecule has 0 saturated carbocycles. The summed E-state index contributed by atoms with van der Waals surface area (Å²) < 4.78 is 13.1. The van der Waals surface area contributed by atoms with Gasteiger partial charge in [0.2, 0.25) is 0 Å². The third-order valence-electron chi connectivity index (χ3n) is 2.05. The van der Waals surface area contributed by atoms with Crippen LogP contribution in [0.15, 0.2) is 18.2 Å². The van der Waals surface area contributed by atoms with Crippen molar-refractivity contribution in [1.82, 2.24) is 10.6 Å². The Morgan fingerprint density at radius 1 is 1.50 bits per heavy atom. The van der Waals surface area contributed by atoms with E-state index in [0.717, 1.165) is 5.56 Å². The Balaban J connectivity index is 2.68. The van der Waals surface area contributed by atoms with Crippen LogP contribution in [0, 0.1) is 12.7 Å². The third kappa shape index (κ3) is 2.45. The monoisotopic (exact) mass is 196 g/mol. The fraction of sp³-hybridized carbons (Fsp3) is 0.300. The molecule has 0 spiro atoms. The first-order chi connectivity index (χ1) is 6.65. The van der Waals surface area contributed by atoms with Crippen molar-refractivity contribution in [3.8, 4) is 0 Å². The number of halogens is 1. The molecule has 0 saturated heterocycles. The zero-order valence-corrected chi connectivity index (χ0v) is 8.23. The van der Waals surface area contributed by atoms with Crippen LogP contribution in [0.2, 0.25) is 0 Å². The summed E-state index contributed by atoms with van der Waals surface area (Å²) in [5, 5.41) is 5.03. The largest absolute Gasteiger partial charge is 0.341 e. The van der Waals surface area contributed by atoms with Crippen molar-refractivity contribution < 1.29 is 9.18 Å². The molecule has 0 aromatic heterocycles. The lowest BCUT2D eigenvalue weighted by Crippen LogP contribution is -2.32. The standard InChI is InChI=1S/C10H13FN2O/c1-7-8(4-3-5-9(7)11)6-13-10(14)12-2/h3-5H,6H2,1-2H3,(H2,12,13,14). The molecule has 0 radical (unpaired) electrons. The first kappa shape index (κ1) is 10.5. The minimum absolute atomic E-state index is 0.249. The van der Waals surface area contributed by atoms with Crippen molar-refractivity contribution in [2.45, 2.75) is 13.5 Å². The Kier molecular flexibility index (Phi) is 3.45. The number of carbonyl (C=O) groups is 1. The summed E-state index contributed by atoms with van der Waals surface area (Å²) in [6.07, 6.45) is 0. The maximum Gasteiger partial charge on any atom is 0.314 e. The van der Waals surface area contributed by atoms with Crippen LogP contribution in [0.25, 0.3) is 0 Å². The van der Waals surface area contributed by atoms with Gasteiger partial charge in [0.1, 0.15) is 5.82 Å². The van der Waals surface area contributed by atoms with E-state index in [1.165, 1.54) is 13.1 Å². The van der Waals surface area contributed by atoms with Gasteiger partial charge in [-0.15, -0.1) is 0 Å². The molecule has 0 aliphatic heterocycles. The summed E-state index contributed by atoms with van der Waals surface area (Å²) in [7, 11) is 1.54. The number of nitrogens with one attached hydrogen (secondary N) is 2. The van der Waals surface area contributed by atoms with Gasteiger partial charge < -0.3 is 10.6 Å². The Morgan fingerprint density at radius 3 is 2.86 bits per heavy atom. The fourth-order valence-electron chi connectivity index (χ4n) is 1.11. The van der Waals surface area contributed by atoms with E-state index in [9.17, 15) is 9.18 Å². The van der Waals surface area contributed by atoms with Crippen LogP contribution in [-0.4, -0.2) is 13.1 Å². The van der Waals surface area contributed by atoms with E-state index in [-0.39, 0.29) is 11.8 Å². The number of amides is 2. The van der Waals surface area contributed by atoms with E-state index < -0.39 is 0 Å². The normalized spacial score (nSPS) is 9.64. The van der Waals surface area contributed by atoms with Crippen molar-refractivity contribution >= 4 is 6.03 Å². The van der Waals surface area contributed by atoms with E-state index >= 15 is 0 Å². The van der Waals surface area contributed by atoms with E-state index in [1.54, 1.807) is 19.1 Å². The molecule has 0 aliphatic carbocycles. The zero-order valence-electron chi connectivity index (χ0n) is 8.23. The highest BCUT2D eigenvalue weighted by Gasteiger charge is 2.03. The highest BCUT2D eigenvalue weighted by molar-refractivity contribution is 5.73. The number of hydrogen-bond donors (Lipinski definition) is 2. The van der Waals surface area contributed by atoms with Crippen LogP contribution in [0.3, 0.4) is 0 Å². The Labute approximate surface area is 82.3 Å². The predicted octanol–water partition coefficient (Wildman–Crippen LogP) is 1.56. The topological polar surface area (TPSA) is 41.1 Å². The highest BCUT2D eigenvalue weighted by atomic mass is 19.1. The first-order valence-corrected chi connectivity index (χ1v) is 4.34. The van der Waals surface area contributed by atoms with Gasteiger partial charge in [0.25, 0.3) is 0 Å². The van der Waals surface area contributed by atoms with Crippen LogP contribution < -0.4 is 10.6 Å². The average Bonchev–Trinajstić information content (AvgIpc) is 2.20. The van der Waals surface area contributed by atoms with Gasteiger partial charge in [-0.3, -0.25) is 0 Å². The lowest BCUT2D eigenvalue weighted by atomic mass is 10.1. The van der Waals surface area contributed by atoms with Crippen molar-refractivity contribution in [1.29, 1.82) is 0 Å². The summed E-state index contributed by atoms with van der Waals surface area (Å²) in [5.41, 5.74) is 1.36. The van der Waals surface area contributed by atoms with Gasteiger partial charge in [-0.25, -0.2) is 9.18 Å². The summed E-state index contributed by atoms with van der Waals surface area (Å²) in [6, 6.07) is 4.55. The molecule has 1 aromatic carbocycles. The number of benzene rings is 1. The van der Waals surface area contributed by atoms with Crippen LogP contribution in [0.1, 0.15) is 11.1 Å². The second-order valence-electron chi connectivity index (χ2n) is 2.96. The summed E-state index contributed by atoms with van der Waals surface area (Å²) >= 11 is 0. The Bertz CT molecular complexity index is 339. The van der Waals surface area contributed by atoms with Crippen LogP contribution in [-0.2, 0) is 6.54 Å². The van der Waals surface area contributed by atoms with Crippen molar-refractivity contribution in [2.75, 3.05) is 7.05 Å². The lowest BCUT2D eigenvalue weighted by Gasteiger charge is -2.07. The van der Waals surface area contributed by atoms with Gasteiger partial charge in [-0.1, -0.05) is 12.1 Å². The van der Waals surface area contributed by atoms with Gasteiger partial charge in [0.05, 0.1) is 0 Å². The molecule has 0 bridgehead atoms. The summed E-state index contributed by atoms with van der Waals surface area (Å²) in [5.74, 6) is -0.249. The van der Waals surface area contributed by atoms with Crippen molar-refractivity contribution in [3.63, 3.8) is 0 Å². The zero-order chi connectivity index (χ0) is 10.6. The van der Waals surface area contributed by atoms with Crippen LogP contribution >= 0.6 is 0 Å². The van der Waals surface area contributed by atoms with E-state index in [4.69, 9.17) is 0 Å². The number of rotatable bonds is 2. The van der Waals surface area contributed by atoms with Gasteiger partial charge in [-0.05, 0) is 24.1 Å². The first-order valence-electron chi connectivity index (χ1n) is 4.34. The van der Waals surface area contributed by atoms with Crippen molar-refractivity contribution in [2.24, 2.45) is 0 Å². The molecule has 1 aromatic rings. The maximum atomic E-state index is 13.1. The van der Waals surface area contributed by atoms with Gasteiger partial charge in [-0.2, -0.15) is 0 Å². The second kappa shape index (κ2) is 4.60. The molecule has 0 fully saturated rings. The van der Waals surface area contributed by atoms with Gasteiger partial charge in [0.15, 0.2) is 0 Å². The average molecular weight is 196 g/mol. The number of urea groups is 1. The molecule has 0 aliphatic rings.